The Labute approximate surface area is 165 Å². The van der Waals surface area contributed by atoms with Gasteiger partial charge in [0.2, 0.25) is 0 Å². The van der Waals surface area contributed by atoms with Crippen LogP contribution in [0.3, 0.4) is 0 Å². The minimum absolute atomic E-state index is 0.318. The van der Waals surface area contributed by atoms with Crippen molar-refractivity contribution in [2.24, 2.45) is 0 Å². The van der Waals surface area contributed by atoms with E-state index in [1.165, 1.54) is 7.11 Å². The summed E-state index contributed by atoms with van der Waals surface area (Å²) in [6, 6.07) is 9.57. The molecule has 2 heterocycles. The second-order valence-electron chi connectivity index (χ2n) is 5.76. The number of benzene rings is 1. The van der Waals surface area contributed by atoms with Gasteiger partial charge < -0.3 is 9.64 Å². The van der Waals surface area contributed by atoms with E-state index in [0.717, 1.165) is 44.2 Å². The van der Waals surface area contributed by atoms with Gasteiger partial charge in [0, 0.05) is 29.7 Å². The summed E-state index contributed by atoms with van der Waals surface area (Å²) in [5, 5.41) is 1.03. The number of carbonyl (C=O) groups is 1. The third-order valence-electron chi connectivity index (χ3n) is 4.13. The molecule has 0 fully saturated rings. The minimum Gasteiger partial charge on any atom is -0.464 e. The first-order valence-corrected chi connectivity index (χ1v) is 10.0. The normalized spacial score (nSPS) is 10.9. The van der Waals surface area contributed by atoms with Crippen LogP contribution in [0.25, 0.3) is 10.2 Å². The van der Waals surface area contributed by atoms with Crippen molar-refractivity contribution in [2.45, 2.75) is 20.3 Å². The molecule has 26 heavy (non-hydrogen) atoms. The summed E-state index contributed by atoms with van der Waals surface area (Å²) in [5.74, 6) is -0.427. The van der Waals surface area contributed by atoms with Gasteiger partial charge in [-0.05, 0) is 43.7 Å². The van der Waals surface area contributed by atoms with Crippen LogP contribution in [0, 0.1) is 0 Å². The molecule has 0 amide bonds. The van der Waals surface area contributed by atoms with Gasteiger partial charge in [-0.15, -0.1) is 0 Å². The van der Waals surface area contributed by atoms with Crippen molar-refractivity contribution < 1.29 is 9.53 Å². The van der Waals surface area contributed by atoms with E-state index >= 15 is 0 Å². The van der Waals surface area contributed by atoms with E-state index in [9.17, 15) is 4.79 Å². The lowest BCUT2D eigenvalue weighted by molar-refractivity contribution is 0.0593. The topological polar surface area (TPSA) is 55.3 Å². The summed E-state index contributed by atoms with van der Waals surface area (Å²) >= 11 is 5.29. The van der Waals surface area contributed by atoms with Crippen molar-refractivity contribution >= 4 is 48.6 Å². The zero-order valence-corrected chi connectivity index (χ0v) is 17.4. The predicted octanol–water partition coefficient (Wildman–Crippen LogP) is 4.68. The van der Waals surface area contributed by atoms with Crippen LogP contribution in [-0.4, -0.2) is 36.1 Å². The molecule has 0 unspecified atom stereocenters. The number of fused-ring (bicyclic) bond motifs is 1. The zero-order valence-electron chi connectivity index (χ0n) is 15.0. The Morgan fingerprint density at radius 2 is 2.00 bits per heavy atom. The number of nitrogens with zero attached hydrogens (tertiary/aromatic N) is 3. The summed E-state index contributed by atoms with van der Waals surface area (Å²) in [4.78, 5) is 23.3. The van der Waals surface area contributed by atoms with Gasteiger partial charge >= 0.3 is 5.97 Å². The van der Waals surface area contributed by atoms with Gasteiger partial charge in [0.25, 0.3) is 0 Å². The maximum atomic E-state index is 11.7. The second-order valence-corrected chi connectivity index (χ2v) is 7.69. The Bertz CT molecular complexity index is 938. The molecular formula is C19H20BrN3O2S. The van der Waals surface area contributed by atoms with E-state index in [2.05, 4.69) is 51.8 Å². The first kappa shape index (κ1) is 18.8. The minimum atomic E-state index is -0.427. The fourth-order valence-corrected chi connectivity index (χ4v) is 4.64. The van der Waals surface area contributed by atoms with Crippen molar-refractivity contribution in [3.63, 3.8) is 0 Å². The molecule has 7 heteroatoms. The smallest absolute Gasteiger partial charge is 0.356 e. The first-order chi connectivity index (χ1) is 12.5. The van der Waals surface area contributed by atoms with Gasteiger partial charge in [-0.3, -0.25) is 0 Å². The highest BCUT2D eigenvalue weighted by molar-refractivity contribution is 9.10. The van der Waals surface area contributed by atoms with Crippen molar-refractivity contribution in [2.75, 3.05) is 25.1 Å². The number of ether oxygens (including phenoxy) is 1. The lowest BCUT2D eigenvalue weighted by atomic mass is 10.1. The Balaban J connectivity index is 2.01. The quantitative estimate of drug-likeness (QED) is 0.528. The molecule has 1 aromatic carbocycles. The molecule has 0 aliphatic heterocycles. The monoisotopic (exact) mass is 433 g/mol. The molecule has 0 saturated carbocycles. The van der Waals surface area contributed by atoms with Gasteiger partial charge in [0.05, 0.1) is 17.3 Å². The summed E-state index contributed by atoms with van der Waals surface area (Å²) in [6.45, 7) is 6.12. The Morgan fingerprint density at radius 1 is 1.23 bits per heavy atom. The van der Waals surface area contributed by atoms with Crippen molar-refractivity contribution in [1.29, 1.82) is 0 Å². The van der Waals surface area contributed by atoms with Gasteiger partial charge in [0.15, 0.2) is 5.13 Å². The maximum Gasteiger partial charge on any atom is 0.356 e. The largest absolute Gasteiger partial charge is 0.464 e. The number of halogens is 1. The average molecular weight is 434 g/mol. The van der Waals surface area contributed by atoms with Crippen LogP contribution in [-0.2, 0) is 11.2 Å². The van der Waals surface area contributed by atoms with E-state index in [-0.39, 0.29) is 0 Å². The first-order valence-electron chi connectivity index (χ1n) is 8.43. The number of aromatic nitrogens is 2. The SMILES string of the molecule is CCN(CC)c1nc2c(Cc3cccc(C(=O)OC)n3)cc(Br)cc2s1. The van der Waals surface area contributed by atoms with E-state index in [1.807, 2.05) is 12.1 Å². The lowest BCUT2D eigenvalue weighted by Gasteiger charge is -2.16. The number of pyridine rings is 1. The summed E-state index contributed by atoms with van der Waals surface area (Å²) in [6.07, 6.45) is 0.599. The molecule has 0 aliphatic carbocycles. The molecule has 0 bridgehead atoms. The molecule has 0 saturated heterocycles. The van der Waals surface area contributed by atoms with Gasteiger partial charge in [-0.1, -0.05) is 33.3 Å². The Morgan fingerprint density at radius 3 is 2.69 bits per heavy atom. The van der Waals surface area contributed by atoms with Crippen molar-refractivity contribution in [3.8, 4) is 0 Å². The molecule has 0 spiro atoms. The molecule has 136 valence electrons. The van der Waals surface area contributed by atoms with Gasteiger partial charge in [-0.2, -0.15) is 0 Å². The van der Waals surface area contributed by atoms with Crippen molar-refractivity contribution in [1.82, 2.24) is 9.97 Å². The summed E-state index contributed by atoms with van der Waals surface area (Å²) in [7, 11) is 1.36. The van der Waals surface area contributed by atoms with Crippen LogP contribution < -0.4 is 4.90 Å². The lowest BCUT2D eigenvalue weighted by Crippen LogP contribution is -2.21. The molecular weight excluding hydrogens is 414 g/mol. The standard InChI is InChI=1S/C19H20BrN3O2S/c1-4-23(5-2)19-22-17-12(9-13(20)11-16(17)26-19)10-14-7-6-8-15(21-14)18(24)25-3/h6-9,11H,4-5,10H2,1-3H3. The number of hydrogen-bond donors (Lipinski definition) is 0. The summed E-state index contributed by atoms with van der Waals surface area (Å²) < 4.78 is 6.91. The molecule has 5 nitrogen and oxygen atoms in total. The summed E-state index contributed by atoms with van der Waals surface area (Å²) in [5.41, 5.74) is 3.20. The number of rotatable bonds is 6. The molecule has 3 rings (SSSR count). The number of thiazole rings is 1. The molecule has 0 N–H and O–H groups in total. The highest BCUT2D eigenvalue weighted by atomic mass is 79.9. The molecule has 3 aromatic rings. The zero-order chi connectivity index (χ0) is 18.7. The van der Waals surface area contributed by atoms with E-state index < -0.39 is 5.97 Å². The van der Waals surface area contributed by atoms with Crippen LogP contribution in [0.5, 0.6) is 0 Å². The third kappa shape index (κ3) is 3.88. The van der Waals surface area contributed by atoms with Crippen LogP contribution in [0.2, 0.25) is 0 Å². The number of anilines is 1. The molecule has 0 atom stereocenters. The number of methoxy groups -OCH3 is 1. The third-order valence-corrected chi connectivity index (χ3v) is 5.66. The second kappa shape index (κ2) is 8.14. The molecule has 0 radical (unpaired) electrons. The van der Waals surface area contributed by atoms with Crippen molar-refractivity contribution in [3.05, 3.63) is 51.8 Å². The highest BCUT2D eigenvalue weighted by Gasteiger charge is 2.15. The van der Waals surface area contributed by atoms with Gasteiger partial charge in [-0.25, -0.2) is 14.8 Å². The Kier molecular flexibility index (Phi) is 5.88. The van der Waals surface area contributed by atoms with Crippen LogP contribution in [0.15, 0.2) is 34.8 Å². The fraction of sp³-hybridized carbons (Fsp3) is 0.316. The molecule has 0 aliphatic rings. The van der Waals surface area contributed by atoms with Crippen LogP contribution in [0.1, 0.15) is 35.6 Å². The molecule has 2 aromatic heterocycles. The van der Waals surface area contributed by atoms with E-state index in [1.54, 1.807) is 17.4 Å². The number of esters is 1. The van der Waals surface area contributed by atoms with Crippen LogP contribution in [0.4, 0.5) is 5.13 Å². The van der Waals surface area contributed by atoms with Gasteiger partial charge in [0.1, 0.15) is 5.69 Å². The predicted molar refractivity (Wildman–Crippen MR) is 109 cm³/mol. The van der Waals surface area contributed by atoms with E-state index in [4.69, 9.17) is 9.72 Å². The number of hydrogen-bond acceptors (Lipinski definition) is 6. The number of carbonyl (C=O) groups excluding carboxylic acids is 1. The average Bonchev–Trinajstić information content (AvgIpc) is 3.06. The fourth-order valence-electron chi connectivity index (χ4n) is 2.81. The maximum absolute atomic E-state index is 11.7. The van der Waals surface area contributed by atoms with E-state index in [0.29, 0.717) is 12.1 Å². The Hall–Kier alpha value is -1.99. The highest BCUT2D eigenvalue weighted by Crippen LogP contribution is 2.34. The van der Waals surface area contributed by atoms with Crippen LogP contribution >= 0.6 is 27.3 Å².